The molecule has 0 atom stereocenters. The van der Waals surface area contributed by atoms with Gasteiger partial charge in [-0.2, -0.15) is 17.7 Å². The average molecular weight is 1040 g/mol. The highest BCUT2D eigenvalue weighted by molar-refractivity contribution is 14.1. The van der Waals surface area contributed by atoms with E-state index in [9.17, 15) is 13.0 Å². The lowest BCUT2D eigenvalue weighted by atomic mass is 9.81. The van der Waals surface area contributed by atoms with Crippen LogP contribution in [0.1, 0.15) is 90.7 Å². The van der Waals surface area contributed by atoms with E-state index in [0.717, 1.165) is 47.8 Å². The molecule has 0 amide bonds. The Bertz CT molecular complexity index is 2470. The average Bonchev–Trinajstić information content (AvgIpc) is 3.90. The maximum Gasteiger partial charge on any atom is 0.264 e. The summed E-state index contributed by atoms with van der Waals surface area (Å²) in [7, 11) is -4.02. The van der Waals surface area contributed by atoms with E-state index in [1.54, 1.807) is 11.8 Å². The third-order valence-electron chi connectivity index (χ3n) is 11.5. The van der Waals surface area contributed by atoms with E-state index < -0.39 is 10.1 Å². The van der Waals surface area contributed by atoms with Crippen molar-refractivity contribution in [3.05, 3.63) is 131 Å². The number of unbranched alkanes of at least 4 members (excludes halogenated alkanes) is 3. The molecule has 13 heteroatoms. The number of hydrogen-bond donors (Lipinski definition) is 1. The number of anilines is 1. The van der Waals surface area contributed by atoms with Crippen LogP contribution in [0.5, 0.6) is 0 Å². The van der Waals surface area contributed by atoms with Gasteiger partial charge in [-0.05, 0) is 179 Å². The van der Waals surface area contributed by atoms with Crippen molar-refractivity contribution >= 4 is 84.1 Å². The molecule has 2 aliphatic heterocycles. The van der Waals surface area contributed by atoms with Crippen LogP contribution in [-0.2, 0) is 20.9 Å². The van der Waals surface area contributed by atoms with Gasteiger partial charge in [0.15, 0.2) is 5.71 Å². The molecule has 4 aromatic rings. The van der Waals surface area contributed by atoms with Crippen molar-refractivity contribution in [3.63, 3.8) is 0 Å². The highest BCUT2D eigenvalue weighted by atomic mass is 127. The fourth-order valence-electron chi connectivity index (χ4n) is 8.43. The fourth-order valence-corrected chi connectivity index (χ4v) is 11.1. The van der Waals surface area contributed by atoms with E-state index in [4.69, 9.17) is 0 Å². The molecule has 9 nitrogen and oxygen atoms in total. The Balaban J connectivity index is 1.30. The normalized spacial score (nSPS) is 18.7. The van der Waals surface area contributed by atoms with Gasteiger partial charge in [-0.25, -0.2) is 0 Å². The van der Waals surface area contributed by atoms with Gasteiger partial charge in [-0.3, -0.25) is 4.55 Å². The van der Waals surface area contributed by atoms with Gasteiger partial charge in [0.25, 0.3) is 10.1 Å². The molecule has 0 radical (unpaired) electrons. The predicted octanol–water partition coefficient (Wildman–Crippen LogP) is 11.1. The van der Waals surface area contributed by atoms with Crippen molar-refractivity contribution in [1.82, 2.24) is 20.2 Å². The number of fused-ring (bicyclic) bond motifs is 2. The Kier molecular flexibility index (Phi) is 13.2. The van der Waals surface area contributed by atoms with E-state index >= 15 is 0 Å². The molecule has 0 spiro atoms. The maximum atomic E-state index is 11.5. The van der Waals surface area contributed by atoms with E-state index in [0.29, 0.717) is 24.5 Å². The second kappa shape index (κ2) is 17.8. The third-order valence-corrected chi connectivity index (χ3v) is 14.8. The summed E-state index contributed by atoms with van der Waals surface area (Å²) in [5.74, 6) is -0.241. The van der Waals surface area contributed by atoms with Crippen molar-refractivity contribution in [2.24, 2.45) is 0 Å². The summed E-state index contributed by atoms with van der Waals surface area (Å²) in [6, 6.07) is 23.4. The molecule has 0 saturated heterocycles. The predicted molar refractivity (Wildman–Crippen MR) is 253 cm³/mol. The Morgan fingerprint density at radius 2 is 1.62 bits per heavy atom. The number of hydrogen-bond acceptors (Lipinski definition) is 7. The molecule has 0 unspecified atom stereocenters. The van der Waals surface area contributed by atoms with E-state index in [1.807, 2.05) is 35.0 Å². The highest BCUT2D eigenvalue weighted by Gasteiger charge is 2.44. The summed E-state index contributed by atoms with van der Waals surface area (Å²) in [6.07, 6.45) is 15.5. The van der Waals surface area contributed by atoms with Crippen LogP contribution in [0.15, 0.2) is 118 Å². The molecule has 1 N–H and O–H groups in total. The van der Waals surface area contributed by atoms with E-state index in [1.165, 1.54) is 53.7 Å². The molecule has 3 aliphatic rings. The van der Waals surface area contributed by atoms with Crippen LogP contribution >= 0.6 is 56.9 Å². The van der Waals surface area contributed by atoms with Crippen LogP contribution in [-0.4, -0.2) is 62.3 Å². The lowest BCUT2D eigenvalue weighted by Crippen LogP contribution is -2.28. The molecule has 304 valence electrons. The van der Waals surface area contributed by atoms with Crippen molar-refractivity contribution in [1.29, 1.82) is 0 Å². The Labute approximate surface area is 374 Å². The first-order valence-electron chi connectivity index (χ1n) is 20.0. The molecule has 7 rings (SSSR count). The molecule has 1 aromatic heterocycles. The molecule has 1 aliphatic carbocycles. The van der Waals surface area contributed by atoms with Crippen molar-refractivity contribution < 1.29 is 17.5 Å². The van der Waals surface area contributed by atoms with Gasteiger partial charge in [0, 0.05) is 59.5 Å². The van der Waals surface area contributed by atoms with E-state index in [2.05, 4.69) is 166 Å². The molecule has 3 aromatic carbocycles. The molecule has 0 bridgehead atoms. The number of para-hydroxylation sites is 1. The van der Waals surface area contributed by atoms with Crippen LogP contribution in [0.2, 0.25) is 0 Å². The zero-order chi connectivity index (χ0) is 41.2. The second-order valence-corrected chi connectivity index (χ2v) is 21.2. The largest absolute Gasteiger partial charge is 0.344 e. The standard InChI is InChI=1S/C45H50I2N6O3S2/c1-6-7-11-26-51-38-22-20-33(46)29-36(38)44(2,3)40(51)24-18-31-16-17-32(42(31)57-43-48-49-50-53(43)35-14-9-8-10-15-35)19-25-41-45(4,5)37-30-34(47)21-23-39(37)52(41)27-12-13-28-58(54,55)56/h8-10,14-15,18-25,29-30H,6-7,11-13,16-17,26-28H2,1-5H3/p+1. The summed E-state index contributed by atoms with van der Waals surface area (Å²) >= 11 is 6.42. The third kappa shape index (κ3) is 9.13. The SMILES string of the molecule is CCCCC[N+]1=C(/C=C/C2=C(Sc3nnnn3-c3ccccc3)C(=C/C=C3/N(CCCCS(=O)(=O)O)c4ccc(I)cc4C3(C)C)/CC2)C(C)(C)c2cc(I)ccc21. The van der Waals surface area contributed by atoms with Crippen molar-refractivity contribution in [3.8, 4) is 5.69 Å². The molecule has 0 fully saturated rings. The minimum atomic E-state index is -4.02. The fraction of sp³-hybridized carbons (Fsp3) is 0.378. The lowest BCUT2D eigenvalue weighted by Gasteiger charge is -2.27. The molecular formula is C45H51I2N6O3S2+. The van der Waals surface area contributed by atoms with Gasteiger partial charge in [0.1, 0.15) is 6.54 Å². The summed E-state index contributed by atoms with van der Waals surface area (Å²) < 4.78 is 39.2. The van der Waals surface area contributed by atoms with Crippen LogP contribution in [0, 0.1) is 7.14 Å². The van der Waals surface area contributed by atoms with Gasteiger partial charge in [0.05, 0.1) is 16.9 Å². The van der Waals surface area contributed by atoms with Crippen LogP contribution < -0.4 is 4.90 Å². The van der Waals surface area contributed by atoms with Crippen LogP contribution in [0.3, 0.4) is 0 Å². The van der Waals surface area contributed by atoms with Gasteiger partial charge in [0.2, 0.25) is 10.8 Å². The van der Waals surface area contributed by atoms with E-state index in [-0.39, 0.29) is 16.6 Å². The van der Waals surface area contributed by atoms with Crippen LogP contribution in [0.25, 0.3) is 5.69 Å². The number of allylic oxidation sites excluding steroid dienone is 7. The van der Waals surface area contributed by atoms with Gasteiger partial charge in [-0.15, -0.1) is 5.10 Å². The molecule has 3 heterocycles. The number of nitrogens with zero attached hydrogens (tertiary/aromatic N) is 6. The van der Waals surface area contributed by atoms with Gasteiger partial charge >= 0.3 is 0 Å². The minimum Gasteiger partial charge on any atom is -0.344 e. The second-order valence-electron chi connectivity index (χ2n) is 16.2. The number of tetrazole rings is 1. The Hall–Kier alpha value is -3.12. The van der Waals surface area contributed by atoms with Crippen LogP contribution in [0.4, 0.5) is 11.4 Å². The Morgan fingerprint density at radius 3 is 2.36 bits per heavy atom. The number of aromatic nitrogens is 4. The first-order chi connectivity index (χ1) is 27.7. The maximum absolute atomic E-state index is 11.5. The Morgan fingerprint density at radius 1 is 0.879 bits per heavy atom. The van der Waals surface area contributed by atoms with Crippen molar-refractivity contribution in [2.45, 2.75) is 95.6 Å². The zero-order valence-electron chi connectivity index (χ0n) is 33.8. The number of thioether (sulfide) groups is 1. The highest BCUT2D eigenvalue weighted by Crippen LogP contribution is 2.49. The summed E-state index contributed by atoms with van der Waals surface area (Å²) in [6.45, 7) is 13.1. The topological polar surface area (TPSA) is 104 Å². The van der Waals surface area contributed by atoms with Crippen molar-refractivity contribution in [2.75, 3.05) is 23.7 Å². The number of halogens is 2. The molecular weight excluding hydrogens is 990 g/mol. The minimum absolute atomic E-state index is 0.155. The smallest absolute Gasteiger partial charge is 0.264 e. The summed E-state index contributed by atoms with van der Waals surface area (Å²) in [5, 5.41) is 13.7. The zero-order valence-corrected chi connectivity index (χ0v) is 39.7. The van der Waals surface area contributed by atoms with Gasteiger partial charge < -0.3 is 4.90 Å². The summed E-state index contributed by atoms with van der Waals surface area (Å²) in [4.78, 5) is 3.49. The first kappa shape index (κ1) is 43.0. The lowest BCUT2D eigenvalue weighted by molar-refractivity contribution is -0.438. The number of benzene rings is 3. The first-order valence-corrected chi connectivity index (χ1v) is 24.6. The monoisotopic (exact) mass is 1040 g/mol. The summed E-state index contributed by atoms with van der Waals surface area (Å²) in [5.41, 5.74) is 10.5. The quantitative estimate of drug-likeness (QED) is 0.0543. The molecule has 0 saturated carbocycles. The molecule has 58 heavy (non-hydrogen) atoms. The number of rotatable bonds is 15. The van der Waals surface area contributed by atoms with Gasteiger partial charge in [-0.1, -0.05) is 57.5 Å².